The first-order valence-electron chi connectivity index (χ1n) is 9.89. The van der Waals surface area contributed by atoms with E-state index in [0.717, 1.165) is 29.7 Å². The monoisotopic (exact) mass is 384 g/mol. The van der Waals surface area contributed by atoms with E-state index < -0.39 is 0 Å². The smallest absolute Gasteiger partial charge is 0.225 e. The fourth-order valence-electron chi connectivity index (χ4n) is 2.95. The first-order valence-corrected chi connectivity index (χ1v) is 9.89. The van der Waals surface area contributed by atoms with Gasteiger partial charge < -0.3 is 20.5 Å². The zero-order valence-electron chi connectivity index (χ0n) is 17.3. The van der Waals surface area contributed by atoms with Gasteiger partial charge in [-0.2, -0.15) is 0 Å². The van der Waals surface area contributed by atoms with Crippen molar-refractivity contribution in [1.29, 1.82) is 0 Å². The molecule has 0 saturated heterocycles. The van der Waals surface area contributed by atoms with Crippen molar-refractivity contribution >= 4 is 5.91 Å². The maximum Gasteiger partial charge on any atom is 0.225 e. The van der Waals surface area contributed by atoms with Crippen molar-refractivity contribution in [1.82, 2.24) is 5.32 Å². The van der Waals surface area contributed by atoms with Crippen LogP contribution in [-0.4, -0.2) is 19.6 Å². The molecule has 0 bridgehead atoms. The summed E-state index contributed by atoms with van der Waals surface area (Å²) < 4.78 is 11.2. The Bertz CT molecular complexity index is 749. The molecule has 2 aromatic rings. The summed E-state index contributed by atoms with van der Waals surface area (Å²) in [6.45, 7) is 6.59. The number of rotatable bonds is 10. The third-order valence-corrected chi connectivity index (χ3v) is 4.94. The normalized spacial score (nSPS) is 14.0. The Morgan fingerprint density at radius 1 is 1.07 bits per heavy atom. The van der Waals surface area contributed by atoms with Crippen LogP contribution in [0.4, 0.5) is 0 Å². The van der Waals surface area contributed by atoms with Gasteiger partial charge in [-0.05, 0) is 36.6 Å². The Hall–Kier alpha value is -2.53. The Labute approximate surface area is 168 Å². The number of hydrogen-bond donors (Lipinski definition) is 2. The van der Waals surface area contributed by atoms with Gasteiger partial charge >= 0.3 is 0 Å². The molecule has 5 heteroatoms. The minimum Gasteiger partial charge on any atom is -0.493 e. The van der Waals surface area contributed by atoms with Crippen molar-refractivity contribution in [3.63, 3.8) is 0 Å². The Kier molecular flexibility index (Phi) is 8.33. The Morgan fingerprint density at radius 2 is 1.79 bits per heavy atom. The average molecular weight is 385 g/mol. The molecule has 3 N–H and O–H groups in total. The molecule has 3 atom stereocenters. The van der Waals surface area contributed by atoms with E-state index in [2.05, 4.69) is 12.2 Å². The minimum absolute atomic E-state index is 0.0777. The summed E-state index contributed by atoms with van der Waals surface area (Å²) in [5, 5.41) is 3.05. The number of ether oxygens (including phenoxy) is 2. The topological polar surface area (TPSA) is 73.6 Å². The largest absolute Gasteiger partial charge is 0.493 e. The van der Waals surface area contributed by atoms with Crippen LogP contribution in [0.3, 0.4) is 0 Å². The predicted octanol–water partition coefficient (Wildman–Crippen LogP) is 4.39. The Morgan fingerprint density at radius 3 is 2.43 bits per heavy atom. The molecule has 0 aliphatic carbocycles. The van der Waals surface area contributed by atoms with Gasteiger partial charge in [0, 0.05) is 6.04 Å². The van der Waals surface area contributed by atoms with E-state index >= 15 is 0 Å². The van der Waals surface area contributed by atoms with Crippen molar-refractivity contribution in [3.05, 3.63) is 59.7 Å². The van der Waals surface area contributed by atoms with E-state index in [0.29, 0.717) is 12.4 Å². The summed E-state index contributed by atoms with van der Waals surface area (Å²) >= 11 is 0. The fourth-order valence-corrected chi connectivity index (χ4v) is 2.95. The van der Waals surface area contributed by atoms with Crippen LogP contribution in [0.25, 0.3) is 0 Å². The van der Waals surface area contributed by atoms with Gasteiger partial charge in [0.2, 0.25) is 5.91 Å². The van der Waals surface area contributed by atoms with Gasteiger partial charge in [-0.15, -0.1) is 0 Å². The van der Waals surface area contributed by atoms with Crippen LogP contribution in [0.2, 0.25) is 0 Å². The lowest BCUT2D eigenvalue weighted by Crippen LogP contribution is -2.36. The van der Waals surface area contributed by atoms with Crippen LogP contribution in [0.1, 0.15) is 56.8 Å². The molecular formula is C23H32N2O3. The molecule has 152 valence electrons. The lowest BCUT2D eigenvalue weighted by atomic mass is 9.94. The summed E-state index contributed by atoms with van der Waals surface area (Å²) in [5.74, 6) is 0.968. The van der Waals surface area contributed by atoms with Crippen LogP contribution < -0.4 is 20.5 Å². The molecule has 0 heterocycles. The second kappa shape index (κ2) is 10.7. The molecule has 1 amide bonds. The molecule has 0 saturated carbocycles. The van der Waals surface area contributed by atoms with Crippen molar-refractivity contribution in [3.8, 4) is 11.5 Å². The molecular weight excluding hydrogens is 352 g/mol. The number of nitrogens with two attached hydrogens (primary N) is 1. The number of carbonyl (C=O) groups excluding carboxylic acids is 1. The third-order valence-electron chi connectivity index (χ3n) is 4.94. The standard InChI is InChI=1S/C23H32N2O3/c1-5-6-14-28-20-13-12-19(15-21(20)27-4)17(3)25-23(26)16(2)22(24)18-10-8-7-9-11-18/h7-13,15-17,22H,5-6,14,24H2,1-4H3,(H,25,26). The molecule has 28 heavy (non-hydrogen) atoms. The highest BCUT2D eigenvalue weighted by Crippen LogP contribution is 2.31. The van der Waals surface area contributed by atoms with Gasteiger partial charge in [-0.25, -0.2) is 0 Å². The summed E-state index contributed by atoms with van der Waals surface area (Å²) in [7, 11) is 1.62. The predicted molar refractivity (Wildman–Crippen MR) is 112 cm³/mol. The van der Waals surface area contributed by atoms with Gasteiger partial charge in [0.05, 0.1) is 25.7 Å². The quantitative estimate of drug-likeness (QED) is 0.596. The minimum atomic E-state index is -0.350. The number of benzene rings is 2. The van der Waals surface area contributed by atoms with Crippen LogP contribution >= 0.6 is 0 Å². The maximum absolute atomic E-state index is 12.7. The first kappa shape index (κ1) is 21.8. The van der Waals surface area contributed by atoms with Crippen molar-refractivity contribution in [2.45, 2.75) is 45.7 Å². The molecule has 0 radical (unpaired) electrons. The lowest BCUT2D eigenvalue weighted by molar-refractivity contribution is -0.125. The van der Waals surface area contributed by atoms with Crippen LogP contribution in [-0.2, 0) is 4.79 Å². The van der Waals surface area contributed by atoms with Crippen LogP contribution in [0, 0.1) is 5.92 Å². The van der Waals surface area contributed by atoms with Crippen molar-refractivity contribution in [2.75, 3.05) is 13.7 Å². The van der Waals surface area contributed by atoms with E-state index in [1.807, 2.05) is 62.4 Å². The van der Waals surface area contributed by atoms with E-state index in [1.165, 1.54) is 0 Å². The maximum atomic E-state index is 12.7. The number of unbranched alkanes of at least 4 members (excludes halogenated alkanes) is 1. The first-order chi connectivity index (χ1) is 13.5. The van der Waals surface area contributed by atoms with Crippen molar-refractivity contribution < 1.29 is 14.3 Å². The molecule has 0 spiro atoms. The van der Waals surface area contributed by atoms with Crippen LogP contribution in [0.15, 0.2) is 48.5 Å². The van der Waals surface area contributed by atoms with E-state index in [4.69, 9.17) is 15.2 Å². The second-order valence-corrected chi connectivity index (χ2v) is 7.07. The van der Waals surface area contributed by atoms with Gasteiger partial charge in [0.1, 0.15) is 0 Å². The van der Waals surface area contributed by atoms with Crippen LogP contribution in [0.5, 0.6) is 11.5 Å². The van der Waals surface area contributed by atoms with Crippen molar-refractivity contribution in [2.24, 2.45) is 11.7 Å². The van der Waals surface area contributed by atoms with Gasteiger partial charge in [-0.1, -0.05) is 56.7 Å². The molecule has 0 aliphatic heterocycles. The highest BCUT2D eigenvalue weighted by atomic mass is 16.5. The summed E-state index contributed by atoms with van der Waals surface area (Å²) in [6.07, 6.45) is 2.07. The number of amides is 1. The number of carbonyl (C=O) groups is 1. The molecule has 3 unspecified atom stereocenters. The molecule has 2 aromatic carbocycles. The molecule has 2 rings (SSSR count). The molecule has 0 aliphatic rings. The average Bonchev–Trinajstić information content (AvgIpc) is 2.73. The zero-order chi connectivity index (χ0) is 20.5. The SMILES string of the molecule is CCCCOc1ccc(C(C)NC(=O)C(C)C(N)c2ccccc2)cc1OC. The van der Waals surface area contributed by atoms with Gasteiger partial charge in [-0.3, -0.25) is 4.79 Å². The number of methoxy groups -OCH3 is 1. The molecule has 0 fully saturated rings. The summed E-state index contributed by atoms with van der Waals surface area (Å²) in [4.78, 5) is 12.7. The molecule has 0 aromatic heterocycles. The number of hydrogen-bond acceptors (Lipinski definition) is 4. The van der Waals surface area contributed by atoms with E-state index in [9.17, 15) is 4.79 Å². The highest BCUT2D eigenvalue weighted by Gasteiger charge is 2.24. The Balaban J connectivity index is 2.02. The van der Waals surface area contributed by atoms with Gasteiger partial charge in [0.15, 0.2) is 11.5 Å². The number of nitrogens with one attached hydrogen (secondary N) is 1. The lowest BCUT2D eigenvalue weighted by Gasteiger charge is -2.23. The summed E-state index contributed by atoms with van der Waals surface area (Å²) in [6, 6.07) is 14.9. The fraction of sp³-hybridized carbons (Fsp3) is 0.435. The third kappa shape index (κ3) is 5.73. The van der Waals surface area contributed by atoms with E-state index in [-0.39, 0.29) is 23.9 Å². The molecule has 5 nitrogen and oxygen atoms in total. The van der Waals surface area contributed by atoms with E-state index in [1.54, 1.807) is 7.11 Å². The zero-order valence-corrected chi connectivity index (χ0v) is 17.3. The second-order valence-electron chi connectivity index (χ2n) is 7.07. The van der Waals surface area contributed by atoms with Gasteiger partial charge in [0.25, 0.3) is 0 Å². The summed E-state index contributed by atoms with van der Waals surface area (Å²) in [5.41, 5.74) is 8.18. The highest BCUT2D eigenvalue weighted by molar-refractivity contribution is 5.79.